The minimum Gasteiger partial charge on any atom is -0.0991 e. The average molecular weight is 234 g/mol. The molecule has 0 rings (SSSR count). The van der Waals surface area contributed by atoms with Crippen LogP contribution in [-0.4, -0.2) is 0 Å². The molecule has 17 heavy (non-hydrogen) atoms. The minimum absolute atomic E-state index is 0.790. The molecule has 98 valence electrons. The molecular weight excluding hydrogens is 204 g/mol. The van der Waals surface area contributed by atoms with E-state index in [4.69, 9.17) is 0 Å². The number of rotatable bonds is 7. The first-order chi connectivity index (χ1) is 8.21. The monoisotopic (exact) mass is 234 g/mol. The Morgan fingerprint density at radius 2 is 1.76 bits per heavy atom. The molecule has 0 aromatic heterocycles. The Balaban J connectivity index is 0. The van der Waals surface area contributed by atoms with Gasteiger partial charge in [-0.3, -0.25) is 0 Å². The second-order valence-electron chi connectivity index (χ2n) is 3.99. The van der Waals surface area contributed by atoms with E-state index in [1.165, 1.54) is 25.7 Å². The van der Waals surface area contributed by atoms with Gasteiger partial charge in [0.25, 0.3) is 0 Å². The first-order valence-electron chi connectivity index (χ1n) is 6.76. The predicted molar refractivity (Wildman–Crippen MR) is 82.3 cm³/mol. The largest absolute Gasteiger partial charge is 0.0991 e. The maximum Gasteiger partial charge on any atom is -0.0203 e. The van der Waals surface area contributed by atoms with E-state index in [9.17, 15) is 0 Å². The number of hydrogen-bond acceptors (Lipinski definition) is 0. The third-order valence-corrected chi connectivity index (χ3v) is 2.72. The van der Waals surface area contributed by atoms with Crippen molar-refractivity contribution in [2.75, 3.05) is 0 Å². The summed E-state index contributed by atoms with van der Waals surface area (Å²) in [5.74, 6) is 0.790. The van der Waals surface area contributed by atoms with Gasteiger partial charge in [-0.15, -0.1) is 0 Å². The topological polar surface area (TPSA) is 0 Å². The average Bonchev–Trinajstić information content (AvgIpc) is 2.35. The highest BCUT2D eigenvalue weighted by Crippen LogP contribution is 2.23. The minimum atomic E-state index is 0.790. The molecule has 0 heteroatoms. The second-order valence-corrected chi connectivity index (χ2v) is 3.99. The molecule has 0 aliphatic carbocycles. The third kappa shape index (κ3) is 11.2. The van der Waals surface area contributed by atoms with E-state index >= 15 is 0 Å². The van der Waals surface area contributed by atoms with E-state index in [1.807, 2.05) is 25.2 Å². The molecule has 0 aromatic rings. The van der Waals surface area contributed by atoms with Crippen LogP contribution in [0.3, 0.4) is 0 Å². The van der Waals surface area contributed by atoms with Gasteiger partial charge in [-0.25, -0.2) is 0 Å². The van der Waals surface area contributed by atoms with Crippen LogP contribution in [0, 0.1) is 5.92 Å². The summed E-state index contributed by atoms with van der Waals surface area (Å²) in [4.78, 5) is 0. The molecule has 0 radical (unpaired) electrons. The van der Waals surface area contributed by atoms with Crippen LogP contribution in [0.15, 0.2) is 49.1 Å². The molecule has 0 bridgehead atoms. The molecule has 0 spiro atoms. The van der Waals surface area contributed by atoms with Crippen molar-refractivity contribution < 1.29 is 0 Å². The summed E-state index contributed by atoms with van der Waals surface area (Å²) in [5, 5.41) is 0. The van der Waals surface area contributed by atoms with E-state index in [1.54, 1.807) is 11.6 Å². The highest BCUT2D eigenvalue weighted by Gasteiger charge is 2.08. The standard InChI is InChI=1S/C12H22.C5H8/c1-5-9-11(7-3)12(8-4)10-6-2;1-3-5-4-2/h5,9,12H,1,6-8,10H2,2-4H3;3-5H,1H2,2H3. The summed E-state index contributed by atoms with van der Waals surface area (Å²) in [5.41, 5.74) is 1.56. The molecule has 0 heterocycles. The summed E-state index contributed by atoms with van der Waals surface area (Å²) in [6, 6.07) is 0. The number of allylic oxidation sites excluding steroid dienone is 6. The van der Waals surface area contributed by atoms with E-state index < -0.39 is 0 Å². The molecular formula is C17H30. The van der Waals surface area contributed by atoms with Crippen LogP contribution in [0.4, 0.5) is 0 Å². The molecule has 0 amide bonds. The molecule has 0 aliphatic heterocycles. The lowest BCUT2D eigenvalue weighted by molar-refractivity contribution is 0.522. The molecule has 0 saturated heterocycles. The Bertz CT molecular complexity index is 230. The predicted octanol–water partition coefficient (Wildman–Crippen LogP) is 6.08. The molecule has 0 N–H and O–H groups in total. The molecule has 0 aliphatic rings. The van der Waals surface area contributed by atoms with Crippen LogP contribution < -0.4 is 0 Å². The molecule has 0 nitrogen and oxygen atoms in total. The third-order valence-electron chi connectivity index (χ3n) is 2.72. The van der Waals surface area contributed by atoms with Gasteiger partial charge in [-0.05, 0) is 32.1 Å². The van der Waals surface area contributed by atoms with Crippen molar-refractivity contribution >= 4 is 0 Å². The van der Waals surface area contributed by atoms with Crippen molar-refractivity contribution in [3.8, 4) is 0 Å². The fraction of sp³-hybridized carbons (Fsp3) is 0.529. The van der Waals surface area contributed by atoms with Crippen LogP contribution >= 0.6 is 0 Å². The van der Waals surface area contributed by atoms with E-state index in [0.717, 1.165) is 5.92 Å². The van der Waals surface area contributed by atoms with Gasteiger partial charge >= 0.3 is 0 Å². The zero-order chi connectivity index (χ0) is 13.5. The van der Waals surface area contributed by atoms with Gasteiger partial charge < -0.3 is 0 Å². The van der Waals surface area contributed by atoms with Crippen molar-refractivity contribution in [2.24, 2.45) is 5.92 Å². The molecule has 0 fully saturated rings. The van der Waals surface area contributed by atoms with Crippen molar-refractivity contribution in [3.05, 3.63) is 49.1 Å². The van der Waals surface area contributed by atoms with E-state index in [-0.39, 0.29) is 0 Å². The lowest BCUT2D eigenvalue weighted by Crippen LogP contribution is -2.01. The van der Waals surface area contributed by atoms with Crippen molar-refractivity contribution in [3.63, 3.8) is 0 Å². The van der Waals surface area contributed by atoms with Gasteiger partial charge in [0, 0.05) is 0 Å². The Morgan fingerprint density at radius 1 is 1.12 bits per heavy atom. The first kappa shape index (κ1) is 18.3. The van der Waals surface area contributed by atoms with Crippen molar-refractivity contribution in [1.29, 1.82) is 0 Å². The SMILES string of the molecule is C=CC=C(CC)C(CC)CCC.C=CC=CC. The second kappa shape index (κ2) is 15.0. The van der Waals surface area contributed by atoms with Crippen molar-refractivity contribution in [2.45, 2.75) is 53.4 Å². The fourth-order valence-electron chi connectivity index (χ4n) is 1.83. The first-order valence-corrected chi connectivity index (χ1v) is 6.76. The Morgan fingerprint density at radius 3 is 2.00 bits per heavy atom. The Hall–Kier alpha value is -1.04. The zero-order valence-electron chi connectivity index (χ0n) is 12.2. The van der Waals surface area contributed by atoms with Crippen molar-refractivity contribution in [1.82, 2.24) is 0 Å². The van der Waals surface area contributed by atoms with Crippen LogP contribution in [0.25, 0.3) is 0 Å². The molecule has 0 aromatic carbocycles. The van der Waals surface area contributed by atoms with Gasteiger partial charge in [0.1, 0.15) is 0 Å². The Kier molecular flexibility index (Phi) is 16.1. The molecule has 1 atom stereocenters. The zero-order valence-corrected chi connectivity index (χ0v) is 12.2. The van der Waals surface area contributed by atoms with Gasteiger partial charge in [-0.1, -0.05) is 76.3 Å². The summed E-state index contributed by atoms with van der Waals surface area (Å²) in [6.45, 7) is 15.9. The van der Waals surface area contributed by atoms with Crippen LogP contribution in [0.1, 0.15) is 53.4 Å². The maximum absolute atomic E-state index is 3.75. The smallest absolute Gasteiger partial charge is 0.0203 e. The highest BCUT2D eigenvalue weighted by molar-refractivity contribution is 5.13. The lowest BCUT2D eigenvalue weighted by atomic mass is 9.90. The molecule has 1 unspecified atom stereocenters. The lowest BCUT2D eigenvalue weighted by Gasteiger charge is -2.16. The summed E-state index contributed by atoms with van der Waals surface area (Å²) < 4.78 is 0. The van der Waals surface area contributed by atoms with Crippen LogP contribution in [-0.2, 0) is 0 Å². The maximum atomic E-state index is 3.75. The highest BCUT2D eigenvalue weighted by atomic mass is 14.1. The Labute approximate surface area is 109 Å². The van der Waals surface area contributed by atoms with Crippen LogP contribution in [0.5, 0.6) is 0 Å². The van der Waals surface area contributed by atoms with Gasteiger partial charge in [-0.2, -0.15) is 0 Å². The fourth-order valence-corrected chi connectivity index (χ4v) is 1.83. The summed E-state index contributed by atoms with van der Waals surface area (Å²) >= 11 is 0. The van der Waals surface area contributed by atoms with Gasteiger partial charge in [0.2, 0.25) is 0 Å². The van der Waals surface area contributed by atoms with Gasteiger partial charge in [0.15, 0.2) is 0 Å². The molecule has 0 saturated carbocycles. The van der Waals surface area contributed by atoms with E-state index in [2.05, 4.69) is 40.0 Å². The van der Waals surface area contributed by atoms with Gasteiger partial charge in [0.05, 0.1) is 0 Å². The van der Waals surface area contributed by atoms with Crippen LogP contribution in [0.2, 0.25) is 0 Å². The summed E-state index contributed by atoms with van der Waals surface area (Å²) in [7, 11) is 0. The number of hydrogen-bond donors (Lipinski definition) is 0. The summed E-state index contributed by atoms with van der Waals surface area (Å²) in [6.07, 6.45) is 14.7. The quantitative estimate of drug-likeness (QED) is 0.468. The van der Waals surface area contributed by atoms with E-state index in [0.29, 0.717) is 0 Å². The normalized spacial score (nSPS) is 12.8.